The van der Waals surface area contributed by atoms with E-state index in [2.05, 4.69) is 16.4 Å². The number of H-pyrrole nitrogens is 1. The second-order valence-corrected chi connectivity index (χ2v) is 11.8. The third kappa shape index (κ3) is 3.90. The monoisotopic (exact) mass is 510 g/mol. The van der Waals surface area contributed by atoms with E-state index in [-0.39, 0.29) is 23.6 Å². The normalized spacial score (nSPS) is 25.4. The van der Waals surface area contributed by atoms with Crippen LogP contribution in [-0.4, -0.2) is 47.4 Å². The second-order valence-electron chi connectivity index (χ2n) is 9.83. The van der Waals surface area contributed by atoms with Gasteiger partial charge in [-0.3, -0.25) is 18.6 Å². The Morgan fingerprint density at radius 3 is 2.78 bits per heavy atom. The van der Waals surface area contributed by atoms with Gasteiger partial charge in [0.1, 0.15) is 5.39 Å². The zero-order valence-corrected chi connectivity index (χ0v) is 20.7. The third-order valence-corrected chi connectivity index (χ3v) is 9.78. The highest BCUT2D eigenvalue weighted by molar-refractivity contribution is 8.22. The fraction of sp³-hybridized carbons (Fsp3) is 0.480. The highest BCUT2D eigenvalue weighted by Crippen LogP contribution is 2.60. The fourth-order valence-electron chi connectivity index (χ4n) is 5.87. The lowest BCUT2D eigenvalue weighted by Crippen LogP contribution is -2.37. The molecule has 2 aromatic heterocycles. The summed E-state index contributed by atoms with van der Waals surface area (Å²) in [6.45, 7) is 1.69. The number of ether oxygens (including phenoxy) is 1. The first kappa shape index (κ1) is 23.5. The molecule has 36 heavy (non-hydrogen) atoms. The summed E-state index contributed by atoms with van der Waals surface area (Å²) in [7, 11) is -3.05. The number of fused-ring (bicyclic) bond motifs is 2. The van der Waals surface area contributed by atoms with Crippen LogP contribution in [0.4, 0.5) is 11.5 Å². The molecule has 0 unspecified atom stereocenters. The number of nitrogens with one attached hydrogen (secondary N) is 2. The molecule has 1 aliphatic carbocycles. The molecule has 1 saturated carbocycles. The van der Waals surface area contributed by atoms with Crippen LogP contribution in [0.15, 0.2) is 40.2 Å². The summed E-state index contributed by atoms with van der Waals surface area (Å²) in [6, 6.07) is 9.70. The van der Waals surface area contributed by atoms with Crippen molar-refractivity contribution in [3.63, 3.8) is 0 Å². The predicted octanol–water partition coefficient (Wildman–Crippen LogP) is 4.74. The number of hydrogen-bond acceptors (Lipinski definition) is 8. The molecule has 3 aliphatic rings. The molecule has 2 atom stereocenters. The molecule has 11 heteroatoms. The van der Waals surface area contributed by atoms with Crippen LogP contribution in [0.3, 0.4) is 0 Å². The Bertz CT molecular complexity index is 1390. The van der Waals surface area contributed by atoms with Crippen molar-refractivity contribution in [3.05, 3.63) is 46.4 Å². The van der Waals surface area contributed by atoms with Crippen LogP contribution < -0.4 is 10.9 Å². The third-order valence-electron chi connectivity index (χ3n) is 7.71. The molecular weight excluding hydrogens is 480 g/mol. The number of rotatable bonds is 4. The number of pyridine rings is 1. The molecule has 0 radical (unpaired) electrons. The summed E-state index contributed by atoms with van der Waals surface area (Å²) >= 11 is 0. The van der Waals surface area contributed by atoms with E-state index in [1.165, 1.54) is 0 Å². The summed E-state index contributed by atoms with van der Waals surface area (Å²) in [5.74, 6) is 0.287. The molecule has 3 aromatic rings. The van der Waals surface area contributed by atoms with Gasteiger partial charge in [-0.1, -0.05) is 12.8 Å². The van der Waals surface area contributed by atoms with Crippen LogP contribution in [0, 0.1) is 17.2 Å². The van der Waals surface area contributed by atoms with Gasteiger partial charge < -0.3 is 15.0 Å². The topological polar surface area (TPSA) is 139 Å². The zero-order chi connectivity index (χ0) is 24.9. The molecule has 6 rings (SSSR count). The highest BCUT2D eigenvalue weighted by atomic mass is 32.3. The van der Waals surface area contributed by atoms with Crippen molar-refractivity contribution in [1.29, 1.82) is 5.26 Å². The van der Waals surface area contributed by atoms with Crippen LogP contribution in [0.1, 0.15) is 50.1 Å². The van der Waals surface area contributed by atoms with E-state index in [9.17, 15) is 19.2 Å². The summed E-state index contributed by atoms with van der Waals surface area (Å²) in [5.41, 5.74) is 2.02. The van der Waals surface area contributed by atoms with Crippen LogP contribution >= 0.6 is 10.8 Å². The number of nitriles is 1. The van der Waals surface area contributed by atoms with Gasteiger partial charge in [0, 0.05) is 37.7 Å². The average molecular weight is 511 g/mol. The smallest absolute Gasteiger partial charge is 0.261 e. The number of hydrogen-bond donors (Lipinski definition) is 4. The van der Waals surface area contributed by atoms with Gasteiger partial charge in [0.05, 0.1) is 28.4 Å². The molecule has 4 heterocycles. The Morgan fingerprint density at radius 2 is 1.97 bits per heavy atom. The van der Waals surface area contributed by atoms with Crippen molar-refractivity contribution in [1.82, 2.24) is 19.1 Å². The maximum absolute atomic E-state index is 12.8. The summed E-state index contributed by atoms with van der Waals surface area (Å²) in [6.07, 6.45) is 6.88. The SMILES string of the molecule is N#C[C@H]1CCCC[C@@H]1n1nc(Nc2ccc3c(c2)CN(C2CCOCC2)S3(O)O)c2c(=O)[nH]ccc21. The minimum atomic E-state index is -3.05. The van der Waals surface area contributed by atoms with Gasteiger partial charge in [0.25, 0.3) is 5.56 Å². The standard InChI is InChI=1S/C25H30N6O4S/c26-14-16-3-1-2-4-20(16)31-21-7-10-27-25(32)23(21)24(29-31)28-18-5-6-22-17(13-18)15-30(36(22,33)34)19-8-11-35-12-9-19/h5-7,10,13,16,19-20,33-34H,1-4,8-9,11-12,15H2,(H,27,32)(H,28,29)/t16-,20+/m1/s1. The van der Waals surface area contributed by atoms with Crippen molar-refractivity contribution in [2.24, 2.45) is 5.92 Å². The summed E-state index contributed by atoms with van der Waals surface area (Å²) in [4.78, 5) is 16.1. The summed E-state index contributed by atoms with van der Waals surface area (Å²) in [5, 5.41) is 18.3. The maximum Gasteiger partial charge on any atom is 0.261 e. The van der Waals surface area contributed by atoms with Crippen LogP contribution in [0.5, 0.6) is 0 Å². The lowest BCUT2D eigenvalue weighted by Gasteiger charge is -2.43. The first-order valence-electron chi connectivity index (χ1n) is 12.5. The van der Waals surface area contributed by atoms with Crippen LogP contribution in [0.2, 0.25) is 0 Å². The van der Waals surface area contributed by atoms with Gasteiger partial charge in [-0.15, -0.1) is 10.8 Å². The molecule has 0 bridgehead atoms. The van der Waals surface area contributed by atoms with E-state index in [0.717, 1.165) is 44.1 Å². The lowest BCUT2D eigenvalue weighted by atomic mass is 9.85. The van der Waals surface area contributed by atoms with Gasteiger partial charge in [0.15, 0.2) is 5.82 Å². The van der Waals surface area contributed by atoms with Crippen molar-refractivity contribution < 1.29 is 13.8 Å². The Balaban J connectivity index is 1.34. The number of aromatic amines is 1. The average Bonchev–Trinajstić information content (AvgIpc) is 3.39. The molecule has 1 aromatic carbocycles. The molecule has 4 N–H and O–H groups in total. The van der Waals surface area contributed by atoms with E-state index < -0.39 is 10.8 Å². The Labute approximate surface area is 210 Å². The summed E-state index contributed by atoms with van der Waals surface area (Å²) < 4.78 is 31.2. The van der Waals surface area contributed by atoms with Gasteiger partial charge in [-0.2, -0.15) is 14.7 Å². The first-order chi connectivity index (χ1) is 17.5. The minimum absolute atomic E-state index is 0.0642. The van der Waals surface area contributed by atoms with Crippen molar-refractivity contribution in [2.75, 3.05) is 18.5 Å². The Kier molecular flexibility index (Phi) is 6.02. The maximum atomic E-state index is 12.8. The minimum Gasteiger partial charge on any atom is -0.381 e. The first-order valence-corrected chi connectivity index (χ1v) is 14.0. The van der Waals surface area contributed by atoms with Gasteiger partial charge >= 0.3 is 0 Å². The number of benzene rings is 1. The van der Waals surface area contributed by atoms with E-state index in [4.69, 9.17) is 9.84 Å². The van der Waals surface area contributed by atoms with Gasteiger partial charge in [-0.25, -0.2) is 0 Å². The molecule has 0 amide bonds. The van der Waals surface area contributed by atoms with Gasteiger partial charge in [0.2, 0.25) is 0 Å². The van der Waals surface area contributed by atoms with Crippen LogP contribution in [0.25, 0.3) is 10.9 Å². The van der Waals surface area contributed by atoms with E-state index >= 15 is 0 Å². The predicted molar refractivity (Wildman–Crippen MR) is 137 cm³/mol. The second kappa shape index (κ2) is 9.21. The van der Waals surface area contributed by atoms with Gasteiger partial charge in [-0.05, 0) is 55.5 Å². The fourth-order valence-corrected chi connectivity index (χ4v) is 7.80. The number of nitrogens with zero attached hydrogens (tertiary/aromatic N) is 4. The Morgan fingerprint density at radius 1 is 1.17 bits per heavy atom. The highest BCUT2D eigenvalue weighted by Gasteiger charge is 2.40. The Hall–Kier alpha value is -2.88. The molecule has 190 valence electrons. The quantitative estimate of drug-likeness (QED) is 0.395. The van der Waals surface area contributed by atoms with E-state index in [1.54, 1.807) is 18.3 Å². The van der Waals surface area contributed by atoms with Crippen molar-refractivity contribution in [2.45, 2.75) is 62.0 Å². The zero-order valence-electron chi connectivity index (χ0n) is 19.9. The molecule has 0 spiro atoms. The molecule has 2 aliphatic heterocycles. The molecule has 10 nitrogen and oxygen atoms in total. The number of aromatic nitrogens is 3. The number of anilines is 2. The lowest BCUT2D eigenvalue weighted by molar-refractivity contribution is 0.0557. The molecule has 2 fully saturated rings. The van der Waals surface area contributed by atoms with E-state index in [0.29, 0.717) is 47.1 Å². The van der Waals surface area contributed by atoms with Crippen molar-refractivity contribution >= 4 is 33.2 Å². The largest absolute Gasteiger partial charge is 0.381 e. The molecular formula is C25H30N6O4S. The van der Waals surface area contributed by atoms with Crippen molar-refractivity contribution in [3.8, 4) is 6.07 Å². The van der Waals surface area contributed by atoms with Crippen LogP contribution in [-0.2, 0) is 11.3 Å². The van der Waals surface area contributed by atoms with E-state index in [1.807, 2.05) is 21.1 Å². The molecule has 1 saturated heterocycles.